The SMILES string of the molecule is CCC(=O)c1ccc(S(=O)(=O)Nc2cccc(O)c2)cc1. The second kappa shape index (κ2) is 5.97. The van der Waals surface area contributed by atoms with Gasteiger partial charge in [-0.1, -0.05) is 25.1 Å². The second-order valence-corrected chi connectivity index (χ2v) is 6.14. The summed E-state index contributed by atoms with van der Waals surface area (Å²) >= 11 is 0. The monoisotopic (exact) mass is 305 g/mol. The number of anilines is 1. The molecular formula is C15H15NO4S. The maximum Gasteiger partial charge on any atom is 0.261 e. The highest BCUT2D eigenvalue weighted by atomic mass is 32.2. The largest absolute Gasteiger partial charge is 0.508 e. The Balaban J connectivity index is 2.25. The summed E-state index contributed by atoms with van der Waals surface area (Å²) < 4.78 is 26.7. The number of sulfonamides is 1. The number of hydrogen-bond donors (Lipinski definition) is 2. The van der Waals surface area contributed by atoms with E-state index in [9.17, 15) is 18.3 Å². The van der Waals surface area contributed by atoms with Crippen molar-refractivity contribution in [3.05, 3.63) is 54.1 Å². The van der Waals surface area contributed by atoms with Crippen LogP contribution in [0.1, 0.15) is 23.7 Å². The molecule has 21 heavy (non-hydrogen) atoms. The number of Topliss-reactive ketones (excluding diaryl/α,β-unsaturated/α-hetero) is 1. The number of phenolic OH excluding ortho intramolecular Hbond substituents is 1. The van der Waals surface area contributed by atoms with E-state index in [1.165, 1.54) is 48.5 Å². The van der Waals surface area contributed by atoms with Crippen molar-refractivity contribution >= 4 is 21.5 Å². The summed E-state index contributed by atoms with van der Waals surface area (Å²) in [6, 6.07) is 11.6. The van der Waals surface area contributed by atoms with Crippen molar-refractivity contribution in [1.82, 2.24) is 0 Å². The first kappa shape index (κ1) is 15.1. The number of rotatable bonds is 5. The summed E-state index contributed by atoms with van der Waals surface area (Å²) in [4.78, 5) is 11.6. The minimum absolute atomic E-state index is 0.0286. The third-order valence-corrected chi connectivity index (χ3v) is 4.30. The number of carbonyl (C=O) groups is 1. The molecule has 0 aromatic heterocycles. The fourth-order valence-electron chi connectivity index (χ4n) is 1.81. The van der Waals surface area contributed by atoms with Crippen LogP contribution in [0, 0.1) is 0 Å². The van der Waals surface area contributed by atoms with Crippen molar-refractivity contribution in [2.24, 2.45) is 0 Å². The van der Waals surface area contributed by atoms with Gasteiger partial charge in [0.25, 0.3) is 10.0 Å². The van der Waals surface area contributed by atoms with E-state index in [-0.39, 0.29) is 22.1 Å². The Labute approximate surface area is 123 Å². The van der Waals surface area contributed by atoms with Crippen LogP contribution in [0.15, 0.2) is 53.4 Å². The highest BCUT2D eigenvalue weighted by Gasteiger charge is 2.15. The topological polar surface area (TPSA) is 83.5 Å². The van der Waals surface area contributed by atoms with E-state index in [4.69, 9.17) is 0 Å². The zero-order valence-corrected chi connectivity index (χ0v) is 12.2. The summed E-state index contributed by atoms with van der Waals surface area (Å²) in [5.74, 6) is -0.0704. The van der Waals surface area contributed by atoms with E-state index in [0.717, 1.165) is 0 Å². The lowest BCUT2D eigenvalue weighted by Gasteiger charge is -2.08. The molecule has 0 saturated heterocycles. The molecule has 0 radical (unpaired) electrons. The fourth-order valence-corrected chi connectivity index (χ4v) is 2.86. The van der Waals surface area contributed by atoms with Gasteiger partial charge in [0.15, 0.2) is 5.78 Å². The zero-order chi connectivity index (χ0) is 15.5. The normalized spacial score (nSPS) is 11.1. The number of phenols is 1. The lowest BCUT2D eigenvalue weighted by atomic mass is 10.1. The van der Waals surface area contributed by atoms with Crippen LogP contribution < -0.4 is 4.72 Å². The van der Waals surface area contributed by atoms with Gasteiger partial charge in [-0.2, -0.15) is 0 Å². The molecule has 6 heteroatoms. The van der Waals surface area contributed by atoms with E-state index in [1.807, 2.05) is 0 Å². The molecule has 0 bridgehead atoms. The van der Waals surface area contributed by atoms with Crippen LogP contribution in [0.5, 0.6) is 5.75 Å². The summed E-state index contributed by atoms with van der Waals surface area (Å²) in [6.07, 6.45) is 0.369. The van der Waals surface area contributed by atoms with Crippen molar-refractivity contribution in [3.8, 4) is 5.75 Å². The number of benzene rings is 2. The van der Waals surface area contributed by atoms with Gasteiger partial charge in [-0.05, 0) is 24.3 Å². The average Bonchev–Trinajstić information content (AvgIpc) is 2.46. The highest BCUT2D eigenvalue weighted by molar-refractivity contribution is 7.92. The van der Waals surface area contributed by atoms with Crippen LogP contribution >= 0.6 is 0 Å². The fraction of sp³-hybridized carbons (Fsp3) is 0.133. The molecule has 0 aliphatic rings. The van der Waals surface area contributed by atoms with E-state index in [0.29, 0.717) is 12.0 Å². The molecule has 110 valence electrons. The van der Waals surface area contributed by atoms with Gasteiger partial charge in [-0.25, -0.2) is 8.42 Å². The van der Waals surface area contributed by atoms with Gasteiger partial charge in [0.05, 0.1) is 10.6 Å². The number of nitrogens with one attached hydrogen (secondary N) is 1. The molecule has 2 aromatic rings. The average molecular weight is 305 g/mol. The second-order valence-electron chi connectivity index (χ2n) is 4.46. The molecule has 0 aliphatic heterocycles. The van der Waals surface area contributed by atoms with Crippen molar-refractivity contribution in [1.29, 1.82) is 0 Å². The van der Waals surface area contributed by atoms with Crippen molar-refractivity contribution < 1.29 is 18.3 Å². The maximum atomic E-state index is 12.2. The van der Waals surface area contributed by atoms with Crippen LogP contribution in [0.25, 0.3) is 0 Å². The first-order valence-electron chi connectivity index (χ1n) is 6.37. The minimum atomic E-state index is -3.75. The van der Waals surface area contributed by atoms with Gasteiger partial charge in [-0.3, -0.25) is 9.52 Å². The minimum Gasteiger partial charge on any atom is -0.508 e. The summed E-state index contributed by atoms with van der Waals surface area (Å²) in [5.41, 5.74) is 0.748. The van der Waals surface area contributed by atoms with Crippen molar-refractivity contribution in [3.63, 3.8) is 0 Å². The van der Waals surface area contributed by atoms with Crippen LogP contribution in [0.3, 0.4) is 0 Å². The van der Waals surface area contributed by atoms with E-state index in [2.05, 4.69) is 4.72 Å². The quantitative estimate of drug-likeness (QED) is 0.832. The van der Waals surface area contributed by atoms with Gasteiger partial charge < -0.3 is 5.11 Å². The third-order valence-electron chi connectivity index (χ3n) is 2.91. The van der Waals surface area contributed by atoms with Gasteiger partial charge in [0, 0.05) is 18.1 Å². The number of aromatic hydroxyl groups is 1. The van der Waals surface area contributed by atoms with Gasteiger partial charge in [0.1, 0.15) is 5.75 Å². The zero-order valence-electron chi connectivity index (χ0n) is 11.4. The molecule has 0 heterocycles. The molecule has 2 rings (SSSR count). The van der Waals surface area contributed by atoms with Crippen LogP contribution in [-0.2, 0) is 10.0 Å². The molecular weight excluding hydrogens is 290 g/mol. The molecule has 0 spiro atoms. The summed E-state index contributed by atoms with van der Waals surface area (Å²) in [5, 5.41) is 9.33. The molecule has 2 aromatic carbocycles. The number of hydrogen-bond acceptors (Lipinski definition) is 4. The van der Waals surface area contributed by atoms with Crippen LogP contribution in [-0.4, -0.2) is 19.3 Å². The Bertz CT molecular complexity index is 751. The predicted octanol–water partition coefficient (Wildman–Crippen LogP) is 2.79. The molecule has 2 N–H and O–H groups in total. The number of carbonyl (C=O) groups excluding carboxylic acids is 1. The molecule has 0 amide bonds. The maximum absolute atomic E-state index is 12.2. The number of ketones is 1. The molecule has 0 unspecified atom stereocenters. The lowest BCUT2D eigenvalue weighted by molar-refractivity contribution is 0.0988. The molecule has 0 saturated carbocycles. The van der Waals surface area contributed by atoms with Gasteiger partial charge >= 0.3 is 0 Å². The van der Waals surface area contributed by atoms with Gasteiger partial charge in [-0.15, -0.1) is 0 Å². The van der Waals surface area contributed by atoms with E-state index >= 15 is 0 Å². The summed E-state index contributed by atoms with van der Waals surface area (Å²) in [6.45, 7) is 1.75. The smallest absolute Gasteiger partial charge is 0.261 e. The van der Waals surface area contributed by atoms with Gasteiger partial charge in [0.2, 0.25) is 0 Å². The Morgan fingerprint density at radius 3 is 2.38 bits per heavy atom. The van der Waals surface area contributed by atoms with Crippen LogP contribution in [0.4, 0.5) is 5.69 Å². The molecule has 0 aliphatic carbocycles. The molecule has 0 fully saturated rings. The van der Waals surface area contributed by atoms with Crippen LogP contribution in [0.2, 0.25) is 0 Å². The first-order valence-corrected chi connectivity index (χ1v) is 7.86. The third kappa shape index (κ3) is 3.61. The molecule has 5 nitrogen and oxygen atoms in total. The Morgan fingerprint density at radius 2 is 1.81 bits per heavy atom. The Morgan fingerprint density at radius 1 is 1.14 bits per heavy atom. The standard InChI is InChI=1S/C15H15NO4S/c1-2-15(18)11-6-8-14(9-7-11)21(19,20)16-12-4-3-5-13(17)10-12/h3-10,16-17H,2H2,1H3. The lowest BCUT2D eigenvalue weighted by Crippen LogP contribution is -2.13. The van der Waals surface area contributed by atoms with E-state index in [1.54, 1.807) is 6.92 Å². The highest BCUT2D eigenvalue weighted by Crippen LogP contribution is 2.20. The summed E-state index contributed by atoms with van der Waals surface area (Å²) in [7, 11) is -3.75. The first-order chi connectivity index (χ1) is 9.92. The predicted molar refractivity (Wildman–Crippen MR) is 80.0 cm³/mol. The Hall–Kier alpha value is -2.34. The van der Waals surface area contributed by atoms with Crippen molar-refractivity contribution in [2.75, 3.05) is 4.72 Å². The molecule has 0 atom stereocenters. The van der Waals surface area contributed by atoms with E-state index < -0.39 is 10.0 Å². The Kier molecular flexibility index (Phi) is 4.28. The van der Waals surface area contributed by atoms with Crippen molar-refractivity contribution in [2.45, 2.75) is 18.2 Å².